The molecule has 3 rings (SSSR count). The van der Waals surface area contributed by atoms with Gasteiger partial charge in [0.05, 0.1) is 6.07 Å². The van der Waals surface area contributed by atoms with Gasteiger partial charge in [0, 0.05) is 6.08 Å². The van der Waals surface area contributed by atoms with E-state index in [0.29, 0.717) is 11.8 Å². The molecule has 2 saturated carbocycles. The second-order valence-corrected chi connectivity index (χ2v) is 9.33. The van der Waals surface area contributed by atoms with Crippen LogP contribution in [0.15, 0.2) is 42.5 Å². The molecule has 0 heterocycles. The first-order valence-electron chi connectivity index (χ1n) is 11.8. The third-order valence-electron chi connectivity index (χ3n) is 7.29. The highest BCUT2D eigenvalue weighted by Gasteiger charge is 2.23. The van der Waals surface area contributed by atoms with Crippen LogP contribution in [0.4, 0.5) is 8.78 Å². The molecule has 0 saturated heterocycles. The summed E-state index contributed by atoms with van der Waals surface area (Å²) in [6.07, 6.45) is 22.9. The van der Waals surface area contributed by atoms with Gasteiger partial charge in [-0.25, -0.2) is 8.78 Å². The molecule has 0 aromatic heterocycles. The highest BCUT2D eigenvalue weighted by atomic mass is 19.2. The number of allylic oxidation sites excluding steroid dienone is 4. The van der Waals surface area contributed by atoms with E-state index >= 15 is 0 Å². The molecule has 1 aromatic carbocycles. The van der Waals surface area contributed by atoms with Crippen LogP contribution in [-0.2, 0) is 0 Å². The number of nitriles is 1. The lowest BCUT2D eigenvalue weighted by Gasteiger charge is -2.29. The largest absolute Gasteiger partial charge is 0.204 e. The Bertz CT molecular complexity index is 745. The van der Waals surface area contributed by atoms with Crippen molar-refractivity contribution >= 4 is 0 Å². The first kappa shape index (κ1) is 22.7. The number of unbranched alkanes of at least 4 members (excludes halogenated alkanes) is 1. The summed E-state index contributed by atoms with van der Waals surface area (Å²) < 4.78 is 26.6. The molecular formula is C27H35F2N. The van der Waals surface area contributed by atoms with Gasteiger partial charge in [-0.1, -0.05) is 50.0 Å². The first-order valence-corrected chi connectivity index (χ1v) is 11.8. The van der Waals surface area contributed by atoms with E-state index in [2.05, 4.69) is 6.08 Å². The average Bonchev–Trinajstić information content (AvgIpc) is 2.77. The molecule has 2 aliphatic rings. The van der Waals surface area contributed by atoms with E-state index in [-0.39, 0.29) is 0 Å². The zero-order chi connectivity index (χ0) is 21.2. The van der Waals surface area contributed by atoms with Gasteiger partial charge in [0.25, 0.3) is 0 Å². The summed E-state index contributed by atoms with van der Waals surface area (Å²) in [5.74, 6) is 1.34. The van der Waals surface area contributed by atoms with Gasteiger partial charge in [-0.2, -0.15) is 5.26 Å². The Balaban J connectivity index is 1.26. The van der Waals surface area contributed by atoms with Gasteiger partial charge in [0.2, 0.25) is 0 Å². The van der Waals surface area contributed by atoms with Crippen LogP contribution < -0.4 is 0 Å². The molecule has 0 spiro atoms. The van der Waals surface area contributed by atoms with Gasteiger partial charge in [0.15, 0.2) is 11.6 Å². The Morgan fingerprint density at radius 2 is 1.47 bits per heavy atom. The zero-order valence-corrected chi connectivity index (χ0v) is 18.0. The molecule has 0 atom stereocenters. The van der Waals surface area contributed by atoms with E-state index in [0.717, 1.165) is 30.2 Å². The number of rotatable bonds is 8. The minimum Gasteiger partial charge on any atom is -0.204 e. The second kappa shape index (κ2) is 12.0. The van der Waals surface area contributed by atoms with Crippen molar-refractivity contribution in [3.05, 3.63) is 59.7 Å². The van der Waals surface area contributed by atoms with E-state index in [1.54, 1.807) is 6.07 Å². The molecule has 30 heavy (non-hydrogen) atoms. The van der Waals surface area contributed by atoms with Crippen molar-refractivity contribution in [2.45, 2.75) is 83.0 Å². The molecule has 0 bridgehead atoms. The van der Waals surface area contributed by atoms with Gasteiger partial charge in [0.1, 0.15) is 0 Å². The molecule has 1 aromatic rings. The maximum absolute atomic E-state index is 13.5. The Kier molecular flexibility index (Phi) is 9.12. The molecule has 2 fully saturated rings. The number of hydrogen-bond acceptors (Lipinski definition) is 1. The van der Waals surface area contributed by atoms with Crippen molar-refractivity contribution in [1.29, 1.82) is 5.26 Å². The van der Waals surface area contributed by atoms with Gasteiger partial charge in [-0.3, -0.25) is 0 Å². The lowest BCUT2D eigenvalue weighted by Crippen LogP contribution is -2.14. The minimum atomic E-state index is -0.745. The predicted octanol–water partition coefficient (Wildman–Crippen LogP) is 8.24. The molecule has 0 aliphatic heterocycles. The van der Waals surface area contributed by atoms with Crippen molar-refractivity contribution in [2.24, 2.45) is 17.8 Å². The second-order valence-electron chi connectivity index (χ2n) is 9.33. The topological polar surface area (TPSA) is 23.8 Å². The van der Waals surface area contributed by atoms with Crippen LogP contribution in [0, 0.1) is 40.7 Å². The summed E-state index contributed by atoms with van der Waals surface area (Å²) >= 11 is 0. The Labute approximate surface area is 180 Å². The highest BCUT2D eigenvalue weighted by molar-refractivity contribution is 5.22. The van der Waals surface area contributed by atoms with Gasteiger partial charge < -0.3 is 0 Å². The van der Waals surface area contributed by atoms with Crippen LogP contribution in [0.3, 0.4) is 0 Å². The van der Waals surface area contributed by atoms with Crippen molar-refractivity contribution in [1.82, 2.24) is 0 Å². The smallest absolute Gasteiger partial charge is 0.159 e. The van der Waals surface area contributed by atoms with Gasteiger partial charge >= 0.3 is 0 Å². The van der Waals surface area contributed by atoms with Crippen LogP contribution in [0.1, 0.15) is 88.5 Å². The lowest BCUT2D eigenvalue weighted by molar-refractivity contribution is 0.273. The van der Waals surface area contributed by atoms with Crippen molar-refractivity contribution in [3.63, 3.8) is 0 Å². The van der Waals surface area contributed by atoms with E-state index in [4.69, 9.17) is 5.26 Å². The van der Waals surface area contributed by atoms with E-state index in [9.17, 15) is 8.78 Å². The van der Waals surface area contributed by atoms with E-state index in [1.807, 2.05) is 18.2 Å². The number of benzene rings is 1. The van der Waals surface area contributed by atoms with Crippen LogP contribution >= 0.6 is 0 Å². The lowest BCUT2D eigenvalue weighted by atomic mass is 9.76. The fourth-order valence-electron chi connectivity index (χ4n) is 5.41. The SMILES string of the molecule is N#CC=CC=CC1CCC(CCCCC2CCC(c3ccc(F)c(F)c3)CC2)CC1. The summed E-state index contributed by atoms with van der Waals surface area (Å²) in [6.45, 7) is 0. The van der Waals surface area contributed by atoms with Crippen molar-refractivity contribution in [2.75, 3.05) is 0 Å². The van der Waals surface area contributed by atoms with Gasteiger partial charge in [-0.05, 0) is 92.7 Å². The van der Waals surface area contributed by atoms with Crippen LogP contribution in [0.5, 0.6) is 0 Å². The van der Waals surface area contributed by atoms with Crippen LogP contribution in [-0.4, -0.2) is 0 Å². The highest BCUT2D eigenvalue weighted by Crippen LogP contribution is 2.38. The molecule has 2 aliphatic carbocycles. The molecule has 3 heteroatoms. The normalized spacial score (nSPS) is 27.5. The molecule has 0 radical (unpaired) electrons. The van der Waals surface area contributed by atoms with E-state index in [1.165, 1.54) is 82.4 Å². The molecule has 1 nitrogen and oxygen atoms in total. The fraction of sp³-hybridized carbons (Fsp3) is 0.593. The first-order chi connectivity index (χ1) is 14.7. The number of halogens is 2. The monoisotopic (exact) mass is 411 g/mol. The summed E-state index contributed by atoms with van der Waals surface area (Å²) in [5.41, 5.74) is 0.971. The third kappa shape index (κ3) is 7.08. The zero-order valence-electron chi connectivity index (χ0n) is 18.0. The molecule has 0 unspecified atom stereocenters. The average molecular weight is 412 g/mol. The predicted molar refractivity (Wildman–Crippen MR) is 119 cm³/mol. The third-order valence-corrected chi connectivity index (χ3v) is 7.29. The molecular weight excluding hydrogens is 376 g/mol. The molecule has 0 N–H and O–H groups in total. The van der Waals surface area contributed by atoms with Gasteiger partial charge in [-0.15, -0.1) is 0 Å². The summed E-state index contributed by atoms with van der Waals surface area (Å²) in [6, 6.07) is 6.45. The summed E-state index contributed by atoms with van der Waals surface area (Å²) in [7, 11) is 0. The standard InChI is InChI=1S/C27H35F2N/c28-26-18-17-25(20-27(26)29)24-15-13-23(14-16-24)8-4-3-7-22-11-9-21(10-12-22)6-2-1-5-19-30/h1-2,5-6,17-18,20-24H,3-4,7-16H2. The number of nitrogens with zero attached hydrogens (tertiary/aromatic N) is 1. The molecule has 162 valence electrons. The number of hydrogen-bond donors (Lipinski definition) is 0. The van der Waals surface area contributed by atoms with Crippen LogP contribution in [0.25, 0.3) is 0 Å². The molecule has 0 amide bonds. The fourth-order valence-corrected chi connectivity index (χ4v) is 5.41. The quantitative estimate of drug-likeness (QED) is 0.240. The summed E-state index contributed by atoms with van der Waals surface area (Å²) in [5, 5.41) is 8.51. The van der Waals surface area contributed by atoms with Crippen molar-refractivity contribution < 1.29 is 8.78 Å². The Hall–Kier alpha value is -1.95. The minimum absolute atomic E-state index is 0.399. The Morgan fingerprint density at radius 1 is 0.833 bits per heavy atom. The maximum atomic E-state index is 13.5. The van der Waals surface area contributed by atoms with Crippen molar-refractivity contribution in [3.8, 4) is 6.07 Å². The maximum Gasteiger partial charge on any atom is 0.159 e. The van der Waals surface area contributed by atoms with E-state index < -0.39 is 11.6 Å². The Morgan fingerprint density at radius 3 is 2.07 bits per heavy atom. The summed E-state index contributed by atoms with van der Waals surface area (Å²) in [4.78, 5) is 0. The van der Waals surface area contributed by atoms with Crippen LogP contribution in [0.2, 0.25) is 0 Å².